The molecule has 2 aromatic carbocycles. The zero-order chi connectivity index (χ0) is 22.5. The summed E-state index contributed by atoms with van der Waals surface area (Å²) < 4.78 is 6.83. The second-order valence-corrected chi connectivity index (χ2v) is 8.98. The highest BCUT2D eigenvalue weighted by Gasteiger charge is 2.12. The standard InChI is InChI=1S/C26H26N2O3S/c1-17(2)31-24-10-9-18(16-28-24)13-22-15-20-6-4-8-23(25(20)32-22)19-5-3-7-21(14-19)26(30)27-11-12-29/h3-10,14-17,29H,11-13H2,1-2H3,(H,27,30). The number of aliphatic hydroxyl groups excluding tert-OH is 1. The molecule has 1 amide bonds. The summed E-state index contributed by atoms with van der Waals surface area (Å²) in [5.41, 5.74) is 3.82. The van der Waals surface area contributed by atoms with Gasteiger partial charge in [-0.15, -0.1) is 11.3 Å². The van der Waals surface area contributed by atoms with Crippen LogP contribution in [0.2, 0.25) is 0 Å². The van der Waals surface area contributed by atoms with Crippen molar-refractivity contribution in [3.05, 3.63) is 82.9 Å². The predicted octanol–water partition coefficient (Wildman–Crippen LogP) is 5.06. The number of aromatic nitrogens is 1. The largest absolute Gasteiger partial charge is 0.475 e. The molecule has 0 aliphatic heterocycles. The topological polar surface area (TPSA) is 71.5 Å². The first kappa shape index (κ1) is 22.0. The number of nitrogens with one attached hydrogen (secondary N) is 1. The van der Waals surface area contributed by atoms with Gasteiger partial charge in [-0.2, -0.15) is 0 Å². The number of benzene rings is 2. The minimum atomic E-state index is -0.183. The van der Waals surface area contributed by atoms with E-state index in [1.54, 1.807) is 17.4 Å². The highest BCUT2D eigenvalue weighted by atomic mass is 32.1. The van der Waals surface area contributed by atoms with Gasteiger partial charge in [0, 0.05) is 40.4 Å². The van der Waals surface area contributed by atoms with Crippen molar-refractivity contribution < 1.29 is 14.6 Å². The average molecular weight is 447 g/mol. The van der Waals surface area contributed by atoms with Crippen LogP contribution in [-0.4, -0.2) is 35.3 Å². The Labute approximate surface area is 191 Å². The molecule has 4 aromatic rings. The van der Waals surface area contributed by atoms with E-state index in [0.717, 1.165) is 23.1 Å². The molecule has 0 radical (unpaired) electrons. The lowest BCUT2D eigenvalue weighted by atomic mass is 10.0. The molecular weight excluding hydrogens is 420 g/mol. The average Bonchev–Trinajstić information content (AvgIpc) is 3.21. The Morgan fingerprint density at radius 2 is 1.97 bits per heavy atom. The van der Waals surface area contributed by atoms with Gasteiger partial charge in [-0.1, -0.05) is 36.4 Å². The van der Waals surface area contributed by atoms with E-state index in [9.17, 15) is 4.79 Å². The van der Waals surface area contributed by atoms with Crippen molar-refractivity contribution in [2.24, 2.45) is 0 Å². The number of ether oxygens (including phenoxy) is 1. The number of aliphatic hydroxyl groups is 1. The van der Waals surface area contributed by atoms with E-state index >= 15 is 0 Å². The Morgan fingerprint density at radius 1 is 1.12 bits per heavy atom. The van der Waals surface area contributed by atoms with Crippen molar-refractivity contribution in [1.82, 2.24) is 10.3 Å². The minimum absolute atomic E-state index is 0.0777. The van der Waals surface area contributed by atoms with Crippen molar-refractivity contribution in [2.75, 3.05) is 13.2 Å². The molecule has 0 saturated heterocycles. The van der Waals surface area contributed by atoms with Gasteiger partial charge < -0.3 is 15.2 Å². The van der Waals surface area contributed by atoms with E-state index in [2.05, 4.69) is 34.6 Å². The minimum Gasteiger partial charge on any atom is -0.475 e. The molecular formula is C26H26N2O3S. The molecule has 0 saturated carbocycles. The number of rotatable bonds is 8. The van der Waals surface area contributed by atoms with E-state index in [4.69, 9.17) is 9.84 Å². The highest BCUT2D eigenvalue weighted by Crippen LogP contribution is 2.36. The molecule has 2 N–H and O–H groups in total. The number of fused-ring (bicyclic) bond motifs is 1. The van der Waals surface area contributed by atoms with Gasteiger partial charge in [0.25, 0.3) is 5.91 Å². The number of hydrogen-bond donors (Lipinski definition) is 2. The van der Waals surface area contributed by atoms with Crippen LogP contribution in [0.4, 0.5) is 0 Å². The molecule has 2 aromatic heterocycles. The maximum Gasteiger partial charge on any atom is 0.251 e. The summed E-state index contributed by atoms with van der Waals surface area (Å²) >= 11 is 1.76. The number of carbonyl (C=O) groups excluding carboxylic acids is 1. The van der Waals surface area contributed by atoms with Gasteiger partial charge in [-0.25, -0.2) is 4.98 Å². The van der Waals surface area contributed by atoms with Gasteiger partial charge >= 0.3 is 0 Å². The fraction of sp³-hybridized carbons (Fsp3) is 0.231. The summed E-state index contributed by atoms with van der Waals surface area (Å²) in [6.45, 7) is 4.14. The molecule has 32 heavy (non-hydrogen) atoms. The zero-order valence-corrected chi connectivity index (χ0v) is 19.0. The first-order valence-corrected chi connectivity index (χ1v) is 11.5. The fourth-order valence-corrected chi connectivity index (χ4v) is 4.79. The second-order valence-electron chi connectivity index (χ2n) is 7.85. The Kier molecular flexibility index (Phi) is 6.83. The number of thiophene rings is 1. The van der Waals surface area contributed by atoms with Crippen LogP contribution >= 0.6 is 11.3 Å². The lowest BCUT2D eigenvalue weighted by Crippen LogP contribution is -2.26. The third-order valence-corrected chi connectivity index (χ3v) is 6.14. The quantitative estimate of drug-likeness (QED) is 0.397. The summed E-state index contributed by atoms with van der Waals surface area (Å²) in [7, 11) is 0. The Morgan fingerprint density at radius 3 is 2.72 bits per heavy atom. The van der Waals surface area contributed by atoms with Gasteiger partial charge in [-0.3, -0.25) is 4.79 Å². The molecule has 6 heteroatoms. The van der Waals surface area contributed by atoms with Crippen molar-refractivity contribution in [1.29, 1.82) is 0 Å². The number of hydrogen-bond acceptors (Lipinski definition) is 5. The molecule has 0 aliphatic carbocycles. The first-order valence-electron chi connectivity index (χ1n) is 10.7. The first-order chi connectivity index (χ1) is 15.5. The van der Waals surface area contributed by atoms with E-state index in [1.165, 1.54) is 15.0 Å². The van der Waals surface area contributed by atoms with E-state index < -0.39 is 0 Å². The molecule has 0 aliphatic rings. The van der Waals surface area contributed by atoms with Crippen molar-refractivity contribution in [2.45, 2.75) is 26.4 Å². The molecule has 0 spiro atoms. The predicted molar refractivity (Wildman–Crippen MR) is 129 cm³/mol. The third-order valence-electron chi connectivity index (χ3n) is 4.96. The Balaban J connectivity index is 1.59. The summed E-state index contributed by atoms with van der Waals surface area (Å²) in [4.78, 5) is 18.0. The third kappa shape index (κ3) is 5.15. The maximum absolute atomic E-state index is 12.3. The zero-order valence-electron chi connectivity index (χ0n) is 18.2. The van der Waals surface area contributed by atoms with Crippen LogP contribution < -0.4 is 10.1 Å². The van der Waals surface area contributed by atoms with Crippen LogP contribution in [-0.2, 0) is 6.42 Å². The number of amides is 1. The number of pyridine rings is 1. The van der Waals surface area contributed by atoms with Crippen LogP contribution in [0.3, 0.4) is 0 Å². The molecule has 5 nitrogen and oxygen atoms in total. The van der Waals surface area contributed by atoms with Crippen LogP contribution in [0.5, 0.6) is 5.88 Å². The van der Waals surface area contributed by atoms with Gasteiger partial charge in [0.2, 0.25) is 5.88 Å². The number of nitrogens with zero attached hydrogens (tertiary/aromatic N) is 1. The van der Waals surface area contributed by atoms with Gasteiger partial charge in [0.15, 0.2) is 0 Å². The maximum atomic E-state index is 12.3. The van der Waals surface area contributed by atoms with Crippen molar-refractivity contribution in [3.63, 3.8) is 0 Å². The summed E-state index contributed by atoms with van der Waals surface area (Å²) in [6, 6.07) is 20.1. The van der Waals surface area contributed by atoms with E-state index in [-0.39, 0.29) is 25.2 Å². The highest BCUT2D eigenvalue weighted by molar-refractivity contribution is 7.19. The number of carbonyl (C=O) groups is 1. The molecule has 0 fully saturated rings. The molecule has 0 bridgehead atoms. The normalized spacial score (nSPS) is 11.1. The Hall–Kier alpha value is -3.22. The molecule has 0 atom stereocenters. The molecule has 164 valence electrons. The van der Waals surface area contributed by atoms with Crippen molar-refractivity contribution in [3.8, 4) is 17.0 Å². The monoisotopic (exact) mass is 446 g/mol. The van der Waals surface area contributed by atoms with E-state index in [1.807, 2.05) is 50.4 Å². The van der Waals surface area contributed by atoms with Crippen LogP contribution in [0, 0.1) is 0 Å². The second kappa shape index (κ2) is 9.94. The smallest absolute Gasteiger partial charge is 0.251 e. The van der Waals surface area contributed by atoms with Crippen LogP contribution in [0.1, 0.15) is 34.6 Å². The van der Waals surface area contributed by atoms with E-state index in [0.29, 0.717) is 11.4 Å². The summed E-state index contributed by atoms with van der Waals surface area (Å²) in [5, 5.41) is 12.8. The van der Waals surface area contributed by atoms with Gasteiger partial charge in [-0.05, 0) is 54.1 Å². The van der Waals surface area contributed by atoms with Crippen LogP contribution in [0.15, 0.2) is 66.9 Å². The molecule has 0 unspecified atom stereocenters. The summed E-state index contributed by atoms with van der Waals surface area (Å²) in [5.74, 6) is 0.461. The summed E-state index contributed by atoms with van der Waals surface area (Å²) in [6.07, 6.45) is 2.78. The van der Waals surface area contributed by atoms with Crippen molar-refractivity contribution >= 4 is 27.3 Å². The fourth-order valence-electron chi connectivity index (χ4n) is 3.56. The van der Waals surface area contributed by atoms with Crippen LogP contribution in [0.25, 0.3) is 21.2 Å². The van der Waals surface area contributed by atoms with Gasteiger partial charge in [0.1, 0.15) is 0 Å². The van der Waals surface area contributed by atoms with Gasteiger partial charge in [0.05, 0.1) is 12.7 Å². The molecule has 2 heterocycles. The lowest BCUT2D eigenvalue weighted by Gasteiger charge is -2.08. The lowest BCUT2D eigenvalue weighted by molar-refractivity contribution is 0.0945. The SMILES string of the molecule is CC(C)Oc1ccc(Cc2cc3cccc(-c4cccc(C(=O)NCCO)c4)c3s2)cn1. The molecule has 4 rings (SSSR count). The Bertz CT molecular complexity index is 1220.